The Hall–Kier alpha value is -4.91. The van der Waals surface area contributed by atoms with Gasteiger partial charge in [0.15, 0.2) is 5.60 Å². The average Bonchev–Trinajstić information content (AvgIpc) is 3.16. The first-order chi connectivity index (χ1) is 25.6. The van der Waals surface area contributed by atoms with Crippen LogP contribution in [0.1, 0.15) is 74.8 Å². The molecule has 4 aromatic rings. The van der Waals surface area contributed by atoms with Gasteiger partial charge in [-0.2, -0.15) is 0 Å². The molecule has 0 aliphatic carbocycles. The maximum atomic E-state index is 13.2. The van der Waals surface area contributed by atoms with Crippen LogP contribution in [0, 0.1) is 5.92 Å². The number of aromatic hydroxyl groups is 1. The van der Waals surface area contributed by atoms with Gasteiger partial charge in [0.25, 0.3) is 0 Å². The van der Waals surface area contributed by atoms with E-state index < -0.39 is 29.8 Å². The number of H-pyrrole nitrogens is 1. The second-order valence-electron chi connectivity index (χ2n) is 14.5. The van der Waals surface area contributed by atoms with E-state index in [-0.39, 0.29) is 24.0 Å². The molecule has 282 valence electrons. The van der Waals surface area contributed by atoms with Crippen molar-refractivity contribution in [3.8, 4) is 11.5 Å². The molecule has 5 N–H and O–H groups in total. The van der Waals surface area contributed by atoms with Crippen LogP contribution < -0.4 is 20.9 Å². The zero-order valence-electron chi connectivity index (χ0n) is 30.4. The minimum absolute atomic E-state index is 0.0499. The lowest BCUT2D eigenvalue weighted by atomic mass is 9.86. The molecular formula is C41H50N4O8. The van der Waals surface area contributed by atoms with Crippen LogP contribution in [-0.4, -0.2) is 83.2 Å². The van der Waals surface area contributed by atoms with Crippen LogP contribution in [0.5, 0.6) is 11.5 Å². The molecule has 7 rings (SSSR count). The SMILES string of the molecule is CC(C)(Oc1cccc(C(NC(=O)O[C@H]2CN3CCC2CC3)c2ccccc2)c1)C(=O)OCCCCCNC[C@@H](O)c1ccc(O)c2[nH]c(=O)ccc12. The summed E-state index contributed by atoms with van der Waals surface area (Å²) in [6.45, 7) is 7.44. The van der Waals surface area contributed by atoms with Crippen molar-refractivity contribution in [3.05, 3.63) is 106 Å². The number of pyridine rings is 1. The number of phenols is 1. The molecule has 0 saturated carbocycles. The second-order valence-corrected chi connectivity index (χ2v) is 14.5. The molecule has 3 aromatic carbocycles. The number of amides is 1. The highest BCUT2D eigenvalue weighted by Gasteiger charge is 2.37. The monoisotopic (exact) mass is 726 g/mol. The fourth-order valence-electron chi connectivity index (χ4n) is 7.20. The minimum atomic E-state index is -1.26. The molecule has 4 heterocycles. The first-order valence-corrected chi connectivity index (χ1v) is 18.5. The molecule has 0 radical (unpaired) electrons. The normalized spacial score (nSPS) is 19.3. The summed E-state index contributed by atoms with van der Waals surface area (Å²) in [5.41, 5.74) is 1.00. The molecule has 0 spiro atoms. The number of piperidine rings is 3. The molecule has 3 aliphatic heterocycles. The Morgan fingerprint density at radius 2 is 1.74 bits per heavy atom. The lowest BCUT2D eigenvalue weighted by Gasteiger charge is -2.43. The smallest absolute Gasteiger partial charge is 0.408 e. The number of carbonyl (C=O) groups excluding carboxylic acids is 2. The van der Waals surface area contributed by atoms with Crippen molar-refractivity contribution in [2.75, 3.05) is 39.3 Å². The Morgan fingerprint density at radius 1 is 0.962 bits per heavy atom. The number of phenolic OH excluding ortho intramolecular Hbond substituents is 1. The fourth-order valence-corrected chi connectivity index (χ4v) is 7.20. The molecule has 53 heavy (non-hydrogen) atoms. The molecule has 3 aliphatic rings. The Kier molecular flexibility index (Phi) is 12.3. The van der Waals surface area contributed by atoms with Gasteiger partial charge in [0, 0.05) is 24.5 Å². The van der Waals surface area contributed by atoms with E-state index in [0.29, 0.717) is 47.6 Å². The number of hydrogen-bond acceptors (Lipinski definition) is 10. The van der Waals surface area contributed by atoms with Gasteiger partial charge in [0.05, 0.1) is 24.3 Å². The largest absolute Gasteiger partial charge is 0.506 e. The van der Waals surface area contributed by atoms with E-state index in [1.807, 2.05) is 48.5 Å². The van der Waals surface area contributed by atoms with E-state index >= 15 is 0 Å². The van der Waals surface area contributed by atoms with Crippen molar-refractivity contribution in [2.45, 2.75) is 69.8 Å². The van der Waals surface area contributed by atoms with Crippen LogP contribution in [0.25, 0.3) is 10.9 Å². The van der Waals surface area contributed by atoms with Gasteiger partial charge in [-0.15, -0.1) is 0 Å². The standard InChI is InChI=1S/C41H50N4O8/c1-41(2,39(49)51-23-8-4-7-20-42-25-34(47)31-14-16-33(46)38-32(31)15-17-36(48)43-38)53-30-13-9-12-29(24-30)37(28-10-5-3-6-11-28)44-40(50)52-35-26-45-21-18-27(35)19-22-45/h3,5-6,9-17,24,27,34-35,37,42,46-47H,4,7-8,18-23,25-26H2,1-2H3,(H,43,48)(H,44,50)/t34-,35+,37?/m1/s1. The maximum absolute atomic E-state index is 13.2. The fraction of sp³-hybridized carbons (Fsp3) is 0.439. The van der Waals surface area contributed by atoms with Gasteiger partial charge in [0.2, 0.25) is 5.56 Å². The topological polar surface area (TPSA) is 162 Å². The molecular weight excluding hydrogens is 676 g/mol. The van der Waals surface area contributed by atoms with E-state index in [1.54, 1.807) is 32.0 Å². The molecule has 3 saturated heterocycles. The van der Waals surface area contributed by atoms with Gasteiger partial charge in [-0.3, -0.25) is 9.69 Å². The van der Waals surface area contributed by atoms with E-state index in [0.717, 1.165) is 56.4 Å². The number of carbonyl (C=O) groups is 2. The third kappa shape index (κ3) is 9.75. The summed E-state index contributed by atoms with van der Waals surface area (Å²) >= 11 is 0. The lowest BCUT2D eigenvalue weighted by molar-refractivity contribution is -0.159. The van der Waals surface area contributed by atoms with Crippen LogP contribution in [-0.2, 0) is 14.3 Å². The minimum Gasteiger partial charge on any atom is -0.506 e. The number of ether oxygens (including phenoxy) is 3. The maximum Gasteiger partial charge on any atom is 0.408 e. The molecule has 12 heteroatoms. The number of nitrogens with one attached hydrogen (secondary N) is 3. The van der Waals surface area contributed by atoms with Crippen LogP contribution in [0.3, 0.4) is 0 Å². The van der Waals surface area contributed by atoms with Crippen molar-refractivity contribution in [2.24, 2.45) is 5.92 Å². The number of aliphatic hydroxyl groups is 1. The lowest BCUT2D eigenvalue weighted by Crippen LogP contribution is -2.52. The second kappa shape index (κ2) is 17.3. The summed E-state index contributed by atoms with van der Waals surface area (Å²) in [5.74, 6) is 0.342. The van der Waals surface area contributed by atoms with Crippen molar-refractivity contribution >= 4 is 23.0 Å². The predicted octanol–water partition coefficient (Wildman–Crippen LogP) is 5.34. The highest BCUT2D eigenvalue weighted by molar-refractivity contribution is 5.87. The van der Waals surface area contributed by atoms with Crippen molar-refractivity contribution < 1.29 is 34.0 Å². The van der Waals surface area contributed by atoms with Gasteiger partial charge < -0.3 is 40.0 Å². The van der Waals surface area contributed by atoms with Crippen molar-refractivity contribution in [3.63, 3.8) is 0 Å². The van der Waals surface area contributed by atoms with E-state index in [4.69, 9.17) is 14.2 Å². The molecule has 3 atom stereocenters. The predicted molar refractivity (Wildman–Crippen MR) is 201 cm³/mol. The zero-order valence-corrected chi connectivity index (χ0v) is 30.4. The number of rotatable bonds is 16. The number of fused-ring (bicyclic) bond motifs is 4. The highest BCUT2D eigenvalue weighted by atomic mass is 16.6. The Morgan fingerprint density at radius 3 is 2.49 bits per heavy atom. The number of aliphatic hydroxyl groups excluding tert-OH is 1. The summed E-state index contributed by atoms with van der Waals surface area (Å²) in [5, 5.41) is 27.7. The zero-order chi connectivity index (χ0) is 37.4. The number of aromatic nitrogens is 1. The van der Waals surface area contributed by atoms with E-state index in [9.17, 15) is 24.6 Å². The van der Waals surface area contributed by atoms with E-state index in [1.165, 1.54) is 12.1 Å². The molecule has 1 aromatic heterocycles. The Bertz CT molecular complexity index is 1910. The van der Waals surface area contributed by atoms with Crippen LogP contribution >= 0.6 is 0 Å². The molecule has 1 unspecified atom stereocenters. The van der Waals surface area contributed by atoms with Crippen molar-refractivity contribution in [1.82, 2.24) is 20.5 Å². The van der Waals surface area contributed by atoms with Gasteiger partial charge in [-0.1, -0.05) is 48.5 Å². The summed E-state index contributed by atoms with van der Waals surface area (Å²) < 4.78 is 17.7. The number of nitrogens with zero attached hydrogens (tertiary/aromatic N) is 1. The number of aromatic amines is 1. The molecule has 12 nitrogen and oxygen atoms in total. The van der Waals surface area contributed by atoms with Crippen LogP contribution in [0.15, 0.2) is 83.7 Å². The van der Waals surface area contributed by atoms with Crippen LogP contribution in [0.2, 0.25) is 0 Å². The quantitative estimate of drug-likeness (QED) is 0.0753. The molecule has 2 bridgehead atoms. The number of benzene rings is 3. The van der Waals surface area contributed by atoms with Crippen LogP contribution in [0.4, 0.5) is 4.79 Å². The summed E-state index contributed by atoms with van der Waals surface area (Å²) in [6.07, 6.45) is 2.99. The van der Waals surface area contributed by atoms with Crippen molar-refractivity contribution in [1.29, 1.82) is 0 Å². The van der Waals surface area contributed by atoms with Gasteiger partial charge >= 0.3 is 12.1 Å². The van der Waals surface area contributed by atoms with Gasteiger partial charge in [-0.05, 0) is 112 Å². The Balaban J connectivity index is 0.948. The number of unbranched alkanes of at least 4 members (excludes halogenated alkanes) is 2. The summed E-state index contributed by atoms with van der Waals surface area (Å²) in [6, 6.07) is 22.6. The highest BCUT2D eigenvalue weighted by Crippen LogP contribution is 2.32. The molecule has 1 amide bonds. The third-order valence-electron chi connectivity index (χ3n) is 10.1. The van der Waals surface area contributed by atoms with Gasteiger partial charge in [0.1, 0.15) is 17.6 Å². The summed E-state index contributed by atoms with van der Waals surface area (Å²) in [4.78, 5) is 42.9. The number of hydrogen-bond donors (Lipinski definition) is 5. The molecule has 3 fully saturated rings. The third-order valence-corrected chi connectivity index (χ3v) is 10.1. The number of esters is 1. The Labute approximate surface area is 309 Å². The first-order valence-electron chi connectivity index (χ1n) is 18.5. The number of alkyl carbamates (subject to hydrolysis) is 1. The first kappa shape index (κ1) is 37.8. The van der Waals surface area contributed by atoms with E-state index in [2.05, 4.69) is 20.5 Å². The van der Waals surface area contributed by atoms with Gasteiger partial charge in [-0.25, -0.2) is 9.59 Å². The average molecular weight is 727 g/mol. The summed E-state index contributed by atoms with van der Waals surface area (Å²) in [7, 11) is 0.